The second kappa shape index (κ2) is 13.0. The normalized spacial score (nSPS) is 11.9. The Labute approximate surface area is 286 Å². The van der Waals surface area contributed by atoms with E-state index >= 15 is 0 Å². The van der Waals surface area contributed by atoms with Crippen LogP contribution in [0, 0.1) is 0 Å². The van der Waals surface area contributed by atoms with Gasteiger partial charge in [-0.05, 0) is 73.6 Å². The molecule has 7 aromatic carbocycles. The second-order valence-electron chi connectivity index (χ2n) is 12.2. The van der Waals surface area contributed by atoms with Crippen molar-refractivity contribution >= 4 is 43.5 Å². The maximum Gasteiger partial charge on any atom is 0.164 e. The third-order valence-corrected chi connectivity index (χ3v) is 9.03. The highest BCUT2D eigenvalue weighted by Gasteiger charge is 2.13. The van der Waals surface area contributed by atoms with Crippen LogP contribution in [0.25, 0.3) is 77.6 Å². The standard InChI is InChI=1S/C46H33N3/c1-31(15-13-16-32(2)36-27-28-42-40-25-10-9-23-38(40)39-24-11-12-26-41(39)43(42)30-36)35-21-14-22-37(29-35)46-48-44(33-17-5-3-6-18-33)47-45(49-46)34-19-7-4-8-20-34/h3-30H,2H2,1H3/b16-13-,31-15+. The van der Waals surface area contributed by atoms with Crippen LogP contribution in [0.5, 0.6) is 0 Å². The smallest absolute Gasteiger partial charge is 0.164 e. The van der Waals surface area contributed by atoms with Crippen LogP contribution in [-0.4, -0.2) is 15.0 Å². The van der Waals surface area contributed by atoms with Gasteiger partial charge in [0.2, 0.25) is 0 Å². The third-order valence-electron chi connectivity index (χ3n) is 9.03. The molecule has 0 bridgehead atoms. The zero-order valence-corrected chi connectivity index (χ0v) is 27.2. The summed E-state index contributed by atoms with van der Waals surface area (Å²) in [5.41, 5.74) is 7.14. The molecule has 8 rings (SSSR count). The summed E-state index contributed by atoms with van der Waals surface area (Å²) in [5, 5.41) is 7.59. The van der Waals surface area contributed by atoms with Crippen molar-refractivity contribution in [1.29, 1.82) is 0 Å². The Morgan fingerprint density at radius 1 is 0.449 bits per heavy atom. The molecule has 0 saturated carbocycles. The largest absolute Gasteiger partial charge is 0.208 e. The SMILES string of the molecule is C=C(/C=C\C=C(/C)c1cccc(-c2nc(-c3ccccc3)nc(-c3ccccc3)n2)c1)c1ccc2c3ccccc3c3ccccc3c2c1. The van der Waals surface area contributed by atoms with Crippen LogP contribution in [0.3, 0.4) is 0 Å². The van der Waals surface area contributed by atoms with Crippen molar-refractivity contribution in [1.82, 2.24) is 15.0 Å². The molecule has 0 radical (unpaired) electrons. The summed E-state index contributed by atoms with van der Waals surface area (Å²) in [6.45, 7) is 6.55. The Bertz CT molecular complexity index is 2470. The summed E-state index contributed by atoms with van der Waals surface area (Å²) < 4.78 is 0. The van der Waals surface area contributed by atoms with Crippen molar-refractivity contribution in [2.75, 3.05) is 0 Å². The zero-order valence-electron chi connectivity index (χ0n) is 27.2. The lowest BCUT2D eigenvalue weighted by Crippen LogP contribution is -2.00. The molecule has 0 aliphatic heterocycles. The van der Waals surface area contributed by atoms with Crippen molar-refractivity contribution in [3.63, 3.8) is 0 Å². The second-order valence-corrected chi connectivity index (χ2v) is 12.2. The lowest BCUT2D eigenvalue weighted by Gasteiger charge is -2.12. The lowest BCUT2D eigenvalue weighted by atomic mass is 9.92. The summed E-state index contributed by atoms with van der Waals surface area (Å²) in [5.74, 6) is 1.94. The van der Waals surface area contributed by atoms with Crippen LogP contribution in [-0.2, 0) is 0 Å². The van der Waals surface area contributed by atoms with Crippen molar-refractivity contribution in [3.05, 3.63) is 188 Å². The number of rotatable bonds is 7. The van der Waals surface area contributed by atoms with Crippen molar-refractivity contribution < 1.29 is 0 Å². The minimum absolute atomic E-state index is 0.642. The summed E-state index contributed by atoms with van der Waals surface area (Å²) in [4.78, 5) is 14.7. The summed E-state index contributed by atoms with van der Waals surface area (Å²) >= 11 is 0. The number of fused-ring (bicyclic) bond motifs is 6. The Balaban J connectivity index is 1.09. The van der Waals surface area contributed by atoms with Gasteiger partial charge in [0.1, 0.15) is 0 Å². The van der Waals surface area contributed by atoms with E-state index in [0.717, 1.165) is 39.0 Å². The van der Waals surface area contributed by atoms with Gasteiger partial charge in [-0.2, -0.15) is 0 Å². The fourth-order valence-electron chi connectivity index (χ4n) is 6.45. The van der Waals surface area contributed by atoms with Gasteiger partial charge in [0.25, 0.3) is 0 Å². The first-order valence-electron chi connectivity index (χ1n) is 16.5. The van der Waals surface area contributed by atoms with Gasteiger partial charge in [0.15, 0.2) is 17.5 Å². The number of allylic oxidation sites excluding steroid dienone is 5. The van der Waals surface area contributed by atoms with Crippen LogP contribution in [0.4, 0.5) is 0 Å². The van der Waals surface area contributed by atoms with Crippen molar-refractivity contribution in [2.24, 2.45) is 0 Å². The molecule has 0 N–H and O–H groups in total. The van der Waals surface area contributed by atoms with Crippen molar-refractivity contribution in [3.8, 4) is 34.2 Å². The fourth-order valence-corrected chi connectivity index (χ4v) is 6.45. The maximum atomic E-state index is 4.91. The molecule has 8 aromatic rings. The van der Waals surface area contributed by atoms with Gasteiger partial charge >= 0.3 is 0 Å². The van der Waals surface area contributed by atoms with Crippen LogP contribution in [0.2, 0.25) is 0 Å². The van der Waals surface area contributed by atoms with E-state index in [0.29, 0.717) is 17.5 Å². The zero-order chi connectivity index (χ0) is 33.2. The van der Waals surface area contributed by atoms with E-state index in [-0.39, 0.29) is 0 Å². The molecular weight excluding hydrogens is 595 g/mol. The van der Waals surface area contributed by atoms with Gasteiger partial charge in [0.05, 0.1) is 0 Å². The molecule has 1 aromatic heterocycles. The molecular formula is C46H33N3. The molecule has 0 amide bonds. The molecule has 0 fully saturated rings. The van der Waals surface area contributed by atoms with Crippen LogP contribution in [0.15, 0.2) is 176 Å². The molecule has 0 saturated heterocycles. The van der Waals surface area contributed by atoms with Gasteiger partial charge in [-0.25, -0.2) is 15.0 Å². The average Bonchev–Trinajstić information content (AvgIpc) is 3.18. The summed E-state index contributed by atoms with van der Waals surface area (Å²) in [6.07, 6.45) is 6.30. The molecule has 232 valence electrons. The van der Waals surface area contributed by atoms with Crippen molar-refractivity contribution in [2.45, 2.75) is 6.92 Å². The number of benzene rings is 7. The first-order chi connectivity index (χ1) is 24.1. The third kappa shape index (κ3) is 5.95. The minimum atomic E-state index is 0.642. The summed E-state index contributed by atoms with van der Waals surface area (Å²) in [7, 11) is 0. The van der Waals surface area contributed by atoms with Gasteiger partial charge in [-0.15, -0.1) is 0 Å². The van der Waals surface area contributed by atoms with Gasteiger partial charge in [0, 0.05) is 16.7 Å². The number of hydrogen-bond acceptors (Lipinski definition) is 3. The molecule has 0 unspecified atom stereocenters. The van der Waals surface area contributed by atoms with E-state index in [1.165, 1.54) is 32.3 Å². The highest BCUT2D eigenvalue weighted by atomic mass is 15.0. The number of aromatic nitrogens is 3. The first kappa shape index (κ1) is 29.9. The fraction of sp³-hybridized carbons (Fsp3) is 0.0217. The number of nitrogens with zero attached hydrogens (tertiary/aromatic N) is 3. The molecule has 49 heavy (non-hydrogen) atoms. The Morgan fingerprint density at radius 2 is 0.918 bits per heavy atom. The maximum absolute atomic E-state index is 4.91. The number of hydrogen-bond donors (Lipinski definition) is 0. The van der Waals surface area contributed by atoms with E-state index in [1.54, 1.807) is 0 Å². The van der Waals surface area contributed by atoms with E-state index < -0.39 is 0 Å². The predicted molar refractivity (Wildman–Crippen MR) is 207 cm³/mol. The predicted octanol–water partition coefficient (Wildman–Crippen LogP) is 12.0. The van der Waals surface area contributed by atoms with E-state index in [4.69, 9.17) is 15.0 Å². The van der Waals surface area contributed by atoms with Gasteiger partial charge < -0.3 is 0 Å². The van der Waals surface area contributed by atoms with Crippen LogP contribution in [0.1, 0.15) is 18.1 Å². The lowest BCUT2D eigenvalue weighted by molar-refractivity contribution is 1.07. The molecule has 0 atom stereocenters. The van der Waals surface area contributed by atoms with E-state index in [9.17, 15) is 0 Å². The topological polar surface area (TPSA) is 38.7 Å². The Kier molecular flexibility index (Phi) is 7.93. The Hall–Kier alpha value is -6.45. The molecule has 3 heteroatoms. The van der Waals surface area contributed by atoms with Crippen LogP contribution < -0.4 is 0 Å². The molecule has 3 nitrogen and oxygen atoms in total. The highest BCUT2D eigenvalue weighted by Crippen LogP contribution is 2.36. The molecule has 1 heterocycles. The quantitative estimate of drug-likeness (QED) is 0.130. The molecule has 0 aliphatic carbocycles. The molecule has 0 spiro atoms. The minimum Gasteiger partial charge on any atom is -0.208 e. The van der Waals surface area contributed by atoms with E-state index in [1.807, 2.05) is 60.7 Å². The highest BCUT2D eigenvalue weighted by molar-refractivity contribution is 6.25. The monoisotopic (exact) mass is 627 g/mol. The van der Waals surface area contributed by atoms with E-state index in [2.05, 4.69) is 123 Å². The van der Waals surface area contributed by atoms with Gasteiger partial charge in [-0.1, -0.05) is 164 Å². The van der Waals surface area contributed by atoms with Crippen LogP contribution >= 0.6 is 0 Å². The molecule has 0 aliphatic rings. The van der Waals surface area contributed by atoms with Gasteiger partial charge in [-0.3, -0.25) is 0 Å². The average molecular weight is 628 g/mol. The summed E-state index contributed by atoms with van der Waals surface area (Å²) in [6, 6.07) is 52.5. The first-order valence-corrected chi connectivity index (χ1v) is 16.5. The Morgan fingerprint density at radius 3 is 1.49 bits per heavy atom.